The van der Waals surface area contributed by atoms with Crippen LogP contribution in [-0.2, 0) is 14.3 Å². The third-order valence-corrected chi connectivity index (χ3v) is 5.96. The van der Waals surface area contributed by atoms with E-state index in [2.05, 4.69) is 17.9 Å². The first-order chi connectivity index (χ1) is 17.0. The molecule has 186 valence electrons. The lowest BCUT2D eigenvalue weighted by molar-refractivity contribution is -0.144. The van der Waals surface area contributed by atoms with E-state index in [4.69, 9.17) is 21.6 Å². The smallest absolute Gasteiger partial charge is 0.307 e. The number of hydrogen-bond acceptors (Lipinski definition) is 5. The highest BCUT2D eigenvalue weighted by Gasteiger charge is 2.40. The first-order valence-corrected chi connectivity index (χ1v) is 12.0. The number of anilines is 1. The van der Waals surface area contributed by atoms with Gasteiger partial charge >= 0.3 is 5.97 Å². The molecule has 0 saturated heterocycles. The molecule has 0 aliphatic carbocycles. The zero-order valence-corrected chi connectivity index (χ0v) is 21.8. The number of carbonyl (C=O) groups excluding carboxylic acids is 3. The van der Waals surface area contributed by atoms with E-state index < -0.39 is 23.5 Å². The molecule has 36 heavy (non-hydrogen) atoms. The Morgan fingerprint density at radius 1 is 1.11 bits per heavy atom. The SMILES string of the molecule is CCOC(=O)C[C@@H](C)N1CC(=O)N(C(C)(C)C)c2c(Cl)cc(C#Cc3ccc(C#N)cc3)cc2C1=O. The average molecular weight is 506 g/mol. The van der Waals surface area contributed by atoms with Gasteiger partial charge in [-0.3, -0.25) is 14.4 Å². The standard InChI is InChI=1S/C28H28ClN3O4/c1-6-36-25(34)13-18(2)31-17-24(33)32(28(3,4)5)26-22(27(31)35)14-21(15-23(26)29)12-9-19-7-10-20(16-30)11-8-19/h7-8,10-11,14-15,18H,6,13,17H2,1-5H3/t18-/m1/s1. The van der Waals surface area contributed by atoms with Crippen LogP contribution in [0.2, 0.25) is 5.02 Å². The van der Waals surface area contributed by atoms with Gasteiger partial charge in [0.25, 0.3) is 5.91 Å². The molecular weight excluding hydrogens is 478 g/mol. The van der Waals surface area contributed by atoms with Gasteiger partial charge in [0.2, 0.25) is 5.91 Å². The minimum atomic E-state index is -0.661. The molecule has 1 aliphatic rings. The van der Waals surface area contributed by atoms with Crippen molar-refractivity contribution in [2.75, 3.05) is 18.1 Å². The summed E-state index contributed by atoms with van der Waals surface area (Å²) in [5, 5.41) is 9.20. The number of ether oxygens (including phenoxy) is 1. The molecule has 0 fully saturated rings. The van der Waals surface area contributed by atoms with E-state index in [9.17, 15) is 14.4 Å². The van der Waals surface area contributed by atoms with Gasteiger partial charge < -0.3 is 14.5 Å². The number of rotatable bonds is 4. The highest BCUT2D eigenvalue weighted by atomic mass is 35.5. The molecule has 0 unspecified atom stereocenters. The molecule has 0 aromatic heterocycles. The van der Waals surface area contributed by atoms with Gasteiger partial charge in [0, 0.05) is 22.7 Å². The van der Waals surface area contributed by atoms with Gasteiger partial charge in [-0.05, 0) is 71.0 Å². The van der Waals surface area contributed by atoms with Crippen molar-refractivity contribution in [2.45, 2.75) is 52.6 Å². The van der Waals surface area contributed by atoms with Crippen LogP contribution in [0, 0.1) is 23.2 Å². The van der Waals surface area contributed by atoms with Crippen LogP contribution in [0.25, 0.3) is 0 Å². The molecule has 0 N–H and O–H groups in total. The fourth-order valence-electron chi connectivity index (χ4n) is 4.04. The van der Waals surface area contributed by atoms with Crippen molar-refractivity contribution in [3.05, 3.63) is 63.7 Å². The van der Waals surface area contributed by atoms with E-state index in [-0.39, 0.29) is 36.1 Å². The highest BCUT2D eigenvalue weighted by molar-refractivity contribution is 6.35. The lowest BCUT2D eigenvalue weighted by Gasteiger charge is -2.36. The summed E-state index contributed by atoms with van der Waals surface area (Å²) >= 11 is 6.68. The molecule has 8 heteroatoms. The minimum absolute atomic E-state index is 0.0381. The van der Waals surface area contributed by atoms with Crippen LogP contribution in [0.15, 0.2) is 36.4 Å². The van der Waals surface area contributed by atoms with E-state index in [0.29, 0.717) is 22.4 Å². The largest absolute Gasteiger partial charge is 0.466 e. The van der Waals surface area contributed by atoms with Crippen molar-refractivity contribution in [3.8, 4) is 17.9 Å². The molecule has 3 rings (SSSR count). The van der Waals surface area contributed by atoms with E-state index in [0.717, 1.165) is 0 Å². The second-order valence-electron chi connectivity index (χ2n) is 9.48. The van der Waals surface area contributed by atoms with Crippen molar-refractivity contribution in [2.24, 2.45) is 0 Å². The van der Waals surface area contributed by atoms with Crippen molar-refractivity contribution in [1.29, 1.82) is 5.26 Å². The Hall–Kier alpha value is -3.81. The molecule has 1 aliphatic heterocycles. The summed E-state index contributed by atoms with van der Waals surface area (Å²) in [6.07, 6.45) is -0.0381. The van der Waals surface area contributed by atoms with Crippen LogP contribution >= 0.6 is 11.6 Å². The number of carbonyl (C=O) groups is 3. The monoisotopic (exact) mass is 505 g/mol. The zero-order chi connectivity index (χ0) is 26.6. The van der Waals surface area contributed by atoms with Crippen LogP contribution in [-0.4, -0.2) is 47.4 Å². The molecule has 0 saturated carbocycles. The summed E-state index contributed by atoms with van der Waals surface area (Å²) in [6, 6.07) is 11.6. The van der Waals surface area contributed by atoms with E-state index in [1.165, 1.54) is 9.80 Å². The summed E-state index contributed by atoms with van der Waals surface area (Å²) in [6.45, 7) is 9.06. The number of halogens is 1. The van der Waals surface area contributed by atoms with Crippen molar-refractivity contribution >= 4 is 35.1 Å². The Labute approximate surface area is 216 Å². The Balaban J connectivity index is 2.10. The molecule has 0 radical (unpaired) electrons. The Morgan fingerprint density at radius 3 is 2.31 bits per heavy atom. The molecule has 7 nitrogen and oxygen atoms in total. The number of esters is 1. The van der Waals surface area contributed by atoms with Gasteiger partial charge in [0.15, 0.2) is 0 Å². The molecule has 2 amide bonds. The lowest BCUT2D eigenvalue weighted by atomic mass is 10.0. The van der Waals surface area contributed by atoms with Gasteiger partial charge in [0.1, 0.15) is 6.54 Å². The van der Waals surface area contributed by atoms with Crippen molar-refractivity contribution < 1.29 is 19.1 Å². The van der Waals surface area contributed by atoms with Crippen molar-refractivity contribution in [1.82, 2.24) is 4.90 Å². The van der Waals surface area contributed by atoms with Gasteiger partial charge in [-0.25, -0.2) is 0 Å². The molecule has 0 bridgehead atoms. The van der Waals surface area contributed by atoms with Crippen LogP contribution in [0.4, 0.5) is 5.69 Å². The van der Waals surface area contributed by atoms with Crippen molar-refractivity contribution in [3.63, 3.8) is 0 Å². The predicted octanol–water partition coefficient (Wildman–Crippen LogP) is 4.54. The second kappa shape index (κ2) is 10.8. The van der Waals surface area contributed by atoms with Crippen LogP contribution in [0.1, 0.15) is 68.1 Å². The summed E-state index contributed by atoms with van der Waals surface area (Å²) < 4.78 is 5.04. The summed E-state index contributed by atoms with van der Waals surface area (Å²) in [5.41, 5.74) is 1.63. The van der Waals surface area contributed by atoms with E-state index in [1.54, 1.807) is 50.2 Å². The molecule has 1 atom stereocenters. The lowest BCUT2D eigenvalue weighted by Crippen LogP contribution is -2.50. The van der Waals surface area contributed by atoms with Crippen LogP contribution in [0.5, 0.6) is 0 Å². The zero-order valence-electron chi connectivity index (χ0n) is 21.0. The van der Waals surface area contributed by atoms with Crippen LogP contribution < -0.4 is 4.90 Å². The number of nitrogens with zero attached hydrogens (tertiary/aromatic N) is 3. The number of benzene rings is 2. The second-order valence-corrected chi connectivity index (χ2v) is 9.89. The molecular formula is C28H28ClN3O4. The molecule has 1 heterocycles. The topological polar surface area (TPSA) is 90.7 Å². The fourth-order valence-corrected chi connectivity index (χ4v) is 4.34. The normalized spacial score (nSPS) is 14.2. The van der Waals surface area contributed by atoms with E-state index >= 15 is 0 Å². The summed E-state index contributed by atoms with van der Waals surface area (Å²) in [4.78, 5) is 42.2. The third-order valence-electron chi connectivity index (χ3n) is 5.67. The number of fused-ring (bicyclic) bond motifs is 1. The predicted molar refractivity (Wildman–Crippen MR) is 138 cm³/mol. The quantitative estimate of drug-likeness (QED) is 0.449. The molecule has 0 spiro atoms. The highest BCUT2D eigenvalue weighted by Crippen LogP contribution is 2.38. The first-order valence-electron chi connectivity index (χ1n) is 11.6. The van der Waals surface area contributed by atoms with Gasteiger partial charge in [-0.1, -0.05) is 23.4 Å². The Bertz CT molecular complexity index is 1290. The number of hydrogen-bond donors (Lipinski definition) is 0. The average Bonchev–Trinajstić information content (AvgIpc) is 2.92. The Kier molecular flexibility index (Phi) is 8.07. The van der Waals surface area contributed by atoms with Crippen LogP contribution in [0.3, 0.4) is 0 Å². The fraction of sp³-hybridized carbons (Fsp3) is 0.357. The molecule has 2 aromatic rings. The van der Waals surface area contributed by atoms with Gasteiger partial charge in [0.05, 0.1) is 40.9 Å². The molecule has 2 aromatic carbocycles. The summed E-state index contributed by atoms with van der Waals surface area (Å²) in [5.74, 6) is 4.88. The maximum Gasteiger partial charge on any atom is 0.307 e. The minimum Gasteiger partial charge on any atom is -0.466 e. The number of nitriles is 1. The van der Waals surface area contributed by atoms with Gasteiger partial charge in [-0.15, -0.1) is 0 Å². The maximum absolute atomic E-state index is 13.7. The Morgan fingerprint density at radius 2 is 1.72 bits per heavy atom. The first kappa shape index (κ1) is 26.8. The summed E-state index contributed by atoms with van der Waals surface area (Å²) in [7, 11) is 0. The third kappa shape index (κ3) is 5.87. The van der Waals surface area contributed by atoms with Gasteiger partial charge in [-0.2, -0.15) is 5.26 Å². The van der Waals surface area contributed by atoms with E-state index in [1.807, 2.05) is 20.8 Å². The maximum atomic E-state index is 13.7. The number of amides is 2.